The van der Waals surface area contributed by atoms with Gasteiger partial charge in [-0.1, -0.05) is 210 Å². The fourth-order valence-electron chi connectivity index (χ4n) is 6.75. The van der Waals surface area contributed by atoms with Gasteiger partial charge in [0.1, 0.15) is 0 Å². The molecule has 0 aliphatic carbocycles. The number of hydrogen-bond acceptors (Lipinski definition) is 3. The third-order valence-electron chi connectivity index (χ3n) is 10.3. The van der Waals surface area contributed by atoms with Gasteiger partial charge in [0.2, 0.25) is 5.91 Å². The molecule has 2 unspecified atom stereocenters. The monoisotopic (exact) mass is 728 g/mol. The number of hydrogen-bond donors (Lipinski definition) is 3. The molecule has 4 heteroatoms. The van der Waals surface area contributed by atoms with Crippen molar-refractivity contribution in [2.75, 3.05) is 6.61 Å². The summed E-state index contributed by atoms with van der Waals surface area (Å²) in [6.45, 7) is 4.29. The molecule has 52 heavy (non-hydrogen) atoms. The first-order chi connectivity index (χ1) is 25.7. The van der Waals surface area contributed by atoms with Crippen LogP contribution >= 0.6 is 0 Å². The SMILES string of the molecule is CCCCCCCCC/C=C/CC/C=C/C(O)C(CO)NC(=O)CCCCCCCCCCCCC/C=C\C/C=C\CCCCCCCCCCC. The van der Waals surface area contributed by atoms with Crippen LogP contribution in [0, 0.1) is 0 Å². The van der Waals surface area contributed by atoms with Gasteiger partial charge in [-0.05, 0) is 64.2 Å². The minimum absolute atomic E-state index is 0.0771. The summed E-state index contributed by atoms with van der Waals surface area (Å²) in [6.07, 6.45) is 59.4. The Bertz CT molecular complexity index is 831. The van der Waals surface area contributed by atoms with Crippen LogP contribution in [0.1, 0.15) is 232 Å². The van der Waals surface area contributed by atoms with Crippen LogP contribution in [0.25, 0.3) is 0 Å². The molecule has 0 aliphatic rings. The molecule has 1 amide bonds. The molecular weight excluding hydrogens is 639 g/mol. The molecule has 0 saturated carbocycles. The summed E-state index contributed by atoms with van der Waals surface area (Å²) >= 11 is 0. The Hall–Kier alpha value is -1.65. The highest BCUT2D eigenvalue weighted by Gasteiger charge is 2.17. The van der Waals surface area contributed by atoms with Crippen molar-refractivity contribution in [3.8, 4) is 0 Å². The van der Waals surface area contributed by atoms with Gasteiger partial charge in [-0.2, -0.15) is 0 Å². The van der Waals surface area contributed by atoms with Gasteiger partial charge in [0.25, 0.3) is 0 Å². The fraction of sp³-hybridized carbons (Fsp3) is 0.812. The topological polar surface area (TPSA) is 69.6 Å². The number of aliphatic hydroxyl groups excluding tert-OH is 2. The van der Waals surface area contributed by atoms with Gasteiger partial charge in [0.05, 0.1) is 18.8 Å². The Labute approximate surface area is 324 Å². The van der Waals surface area contributed by atoms with Crippen LogP contribution in [-0.4, -0.2) is 34.9 Å². The summed E-state index contributed by atoms with van der Waals surface area (Å²) in [4.78, 5) is 12.4. The van der Waals surface area contributed by atoms with Crippen molar-refractivity contribution < 1.29 is 15.0 Å². The maximum absolute atomic E-state index is 12.4. The number of carbonyl (C=O) groups excluding carboxylic acids is 1. The molecule has 0 rings (SSSR count). The van der Waals surface area contributed by atoms with Gasteiger partial charge in [0, 0.05) is 6.42 Å². The van der Waals surface area contributed by atoms with Crippen LogP contribution in [0.2, 0.25) is 0 Å². The van der Waals surface area contributed by atoms with Crippen molar-refractivity contribution in [2.45, 2.75) is 244 Å². The zero-order chi connectivity index (χ0) is 37.8. The van der Waals surface area contributed by atoms with Crippen LogP contribution in [0.3, 0.4) is 0 Å². The maximum Gasteiger partial charge on any atom is 0.220 e. The second kappa shape index (κ2) is 43.8. The van der Waals surface area contributed by atoms with Crippen molar-refractivity contribution in [1.82, 2.24) is 5.32 Å². The van der Waals surface area contributed by atoms with Gasteiger partial charge >= 0.3 is 0 Å². The molecule has 2 atom stereocenters. The zero-order valence-corrected chi connectivity index (χ0v) is 34.8. The van der Waals surface area contributed by atoms with E-state index in [1.165, 1.54) is 173 Å². The Balaban J connectivity index is 3.55. The zero-order valence-electron chi connectivity index (χ0n) is 34.8. The van der Waals surface area contributed by atoms with Gasteiger partial charge < -0.3 is 15.5 Å². The van der Waals surface area contributed by atoms with Gasteiger partial charge in [0.15, 0.2) is 0 Å². The van der Waals surface area contributed by atoms with Crippen molar-refractivity contribution >= 4 is 5.91 Å². The molecule has 0 aromatic heterocycles. The van der Waals surface area contributed by atoms with E-state index in [1.807, 2.05) is 6.08 Å². The number of rotatable bonds is 41. The number of allylic oxidation sites excluding steroid dienone is 7. The highest BCUT2D eigenvalue weighted by Crippen LogP contribution is 2.14. The van der Waals surface area contributed by atoms with E-state index in [2.05, 4.69) is 55.6 Å². The van der Waals surface area contributed by atoms with E-state index in [9.17, 15) is 15.0 Å². The first-order valence-electron chi connectivity index (χ1n) is 22.9. The molecule has 0 aromatic rings. The second-order valence-corrected chi connectivity index (χ2v) is 15.5. The van der Waals surface area contributed by atoms with E-state index in [1.54, 1.807) is 6.08 Å². The van der Waals surface area contributed by atoms with Crippen LogP contribution < -0.4 is 5.32 Å². The van der Waals surface area contributed by atoms with Crippen LogP contribution in [-0.2, 0) is 4.79 Å². The smallest absolute Gasteiger partial charge is 0.220 e. The predicted molar refractivity (Wildman–Crippen MR) is 230 cm³/mol. The third-order valence-corrected chi connectivity index (χ3v) is 10.3. The van der Waals surface area contributed by atoms with E-state index in [0.29, 0.717) is 6.42 Å². The van der Waals surface area contributed by atoms with Gasteiger partial charge in [-0.3, -0.25) is 4.79 Å². The summed E-state index contributed by atoms with van der Waals surface area (Å²) in [6, 6.07) is -0.639. The largest absolute Gasteiger partial charge is 0.394 e. The summed E-state index contributed by atoms with van der Waals surface area (Å²) in [5.41, 5.74) is 0. The van der Waals surface area contributed by atoms with Gasteiger partial charge in [-0.25, -0.2) is 0 Å². The number of amides is 1. The first-order valence-corrected chi connectivity index (χ1v) is 22.9. The average Bonchev–Trinajstić information content (AvgIpc) is 3.15. The Morgan fingerprint density at radius 2 is 0.808 bits per heavy atom. The normalized spacial score (nSPS) is 13.4. The number of nitrogens with one attached hydrogen (secondary N) is 1. The predicted octanol–water partition coefficient (Wildman–Crippen LogP) is 14.4. The summed E-state index contributed by atoms with van der Waals surface area (Å²) < 4.78 is 0. The third kappa shape index (κ3) is 39.6. The highest BCUT2D eigenvalue weighted by atomic mass is 16.3. The molecule has 0 fully saturated rings. The van der Waals surface area contributed by atoms with E-state index in [0.717, 1.165) is 38.5 Å². The summed E-state index contributed by atoms with van der Waals surface area (Å²) in [7, 11) is 0. The molecule has 0 bridgehead atoms. The number of carbonyl (C=O) groups is 1. The Kier molecular flexibility index (Phi) is 42.4. The Morgan fingerprint density at radius 1 is 0.462 bits per heavy atom. The number of unbranched alkanes of at least 4 members (excludes halogenated alkanes) is 28. The number of aliphatic hydroxyl groups is 2. The maximum atomic E-state index is 12.4. The molecule has 0 saturated heterocycles. The minimum Gasteiger partial charge on any atom is -0.394 e. The summed E-state index contributed by atoms with van der Waals surface area (Å²) in [5.74, 6) is -0.0771. The van der Waals surface area contributed by atoms with Crippen LogP contribution in [0.15, 0.2) is 48.6 Å². The van der Waals surface area contributed by atoms with E-state index >= 15 is 0 Å². The molecule has 0 heterocycles. The summed E-state index contributed by atoms with van der Waals surface area (Å²) in [5, 5.41) is 22.9. The van der Waals surface area contributed by atoms with E-state index < -0.39 is 12.1 Å². The lowest BCUT2D eigenvalue weighted by molar-refractivity contribution is -0.123. The molecule has 0 spiro atoms. The molecule has 0 radical (unpaired) electrons. The quantitative estimate of drug-likeness (QED) is 0.0434. The molecular formula is C48H89NO3. The van der Waals surface area contributed by atoms with Crippen molar-refractivity contribution in [2.24, 2.45) is 0 Å². The molecule has 304 valence electrons. The second-order valence-electron chi connectivity index (χ2n) is 15.5. The lowest BCUT2D eigenvalue weighted by atomic mass is 10.0. The van der Waals surface area contributed by atoms with Crippen molar-refractivity contribution in [3.63, 3.8) is 0 Å². The molecule has 3 N–H and O–H groups in total. The van der Waals surface area contributed by atoms with Crippen LogP contribution in [0.4, 0.5) is 0 Å². The lowest BCUT2D eigenvalue weighted by Crippen LogP contribution is -2.45. The Morgan fingerprint density at radius 3 is 1.23 bits per heavy atom. The standard InChI is InChI=1S/C48H89NO3/c1-3-5-7-9-11-13-15-17-18-19-20-21-22-23-24-25-26-27-28-29-30-32-34-36-38-40-42-44-48(52)49-46(45-50)47(51)43-41-39-37-35-33-31-16-14-12-10-8-6-4-2/h20-21,23-24,33,35,41,43,46-47,50-51H,3-19,22,25-32,34,36-40,42,44-45H2,1-2H3,(H,49,52)/b21-20-,24-23-,35-33+,43-41+. The van der Waals surface area contributed by atoms with Gasteiger partial charge in [-0.15, -0.1) is 0 Å². The van der Waals surface area contributed by atoms with Crippen molar-refractivity contribution in [3.05, 3.63) is 48.6 Å². The van der Waals surface area contributed by atoms with Crippen molar-refractivity contribution in [1.29, 1.82) is 0 Å². The fourth-order valence-corrected chi connectivity index (χ4v) is 6.75. The highest BCUT2D eigenvalue weighted by molar-refractivity contribution is 5.76. The average molecular weight is 728 g/mol. The van der Waals surface area contributed by atoms with Crippen LogP contribution in [0.5, 0.6) is 0 Å². The minimum atomic E-state index is -0.862. The van der Waals surface area contributed by atoms with E-state index in [-0.39, 0.29) is 12.5 Å². The molecule has 4 nitrogen and oxygen atoms in total. The molecule has 0 aliphatic heterocycles. The van der Waals surface area contributed by atoms with E-state index in [4.69, 9.17) is 0 Å². The molecule has 0 aromatic carbocycles. The lowest BCUT2D eigenvalue weighted by Gasteiger charge is -2.19. The first kappa shape index (κ1) is 50.4.